The lowest BCUT2D eigenvalue weighted by Crippen LogP contribution is -2.67. The lowest BCUT2D eigenvalue weighted by molar-refractivity contribution is -0.132. The molecule has 0 bridgehead atoms. The summed E-state index contributed by atoms with van der Waals surface area (Å²) in [6.45, 7) is 1.41. The zero-order valence-corrected chi connectivity index (χ0v) is 12.7. The number of nitrogens with one attached hydrogen (secondary N) is 2. The van der Waals surface area contributed by atoms with E-state index in [0.717, 1.165) is 18.5 Å². The first-order valence-electron chi connectivity index (χ1n) is 7.21. The first-order chi connectivity index (χ1) is 10.7. The Kier molecular flexibility index (Phi) is 4.54. The molecule has 2 fully saturated rings. The van der Waals surface area contributed by atoms with Gasteiger partial charge in [0.05, 0.1) is 18.3 Å². The molecule has 3 rings (SSSR count). The molecule has 1 unspecified atom stereocenters. The molecule has 3 heterocycles. The van der Waals surface area contributed by atoms with Crippen molar-refractivity contribution in [3.63, 3.8) is 0 Å². The summed E-state index contributed by atoms with van der Waals surface area (Å²) in [6.07, 6.45) is 4.94. The van der Waals surface area contributed by atoms with Crippen LogP contribution in [-0.4, -0.2) is 48.8 Å². The number of carbonyl (C=O) groups is 1. The Morgan fingerprint density at radius 1 is 1.45 bits per heavy atom. The van der Waals surface area contributed by atoms with E-state index in [9.17, 15) is 4.79 Å². The second-order valence-corrected chi connectivity index (χ2v) is 5.80. The van der Waals surface area contributed by atoms with Gasteiger partial charge in [-0.25, -0.2) is 0 Å². The smallest absolute Gasteiger partial charge is 0.241 e. The van der Waals surface area contributed by atoms with Crippen molar-refractivity contribution in [2.75, 3.05) is 19.8 Å². The molecule has 9 heteroatoms. The van der Waals surface area contributed by atoms with E-state index in [1.165, 1.54) is 0 Å². The highest BCUT2D eigenvalue weighted by molar-refractivity contribution is 6.29. The van der Waals surface area contributed by atoms with E-state index in [2.05, 4.69) is 25.6 Å². The Labute approximate surface area is 132 Å². The Bertz CT molecular complexity index is 561. The zero-order valence-electron chi connectivity index (χ0n) is 11.9. The van der Waals surface area contributed by atoms with Gasteiger partial charge in [0.25, 0.3) is 0 Å². The van der Waals surface area contributed by atoms with Crippen LogP contribution in [0.3, 0.4) is 0 Å². The maximum atomic E-state index is 12.4. The number of nitrogens with zero attached hydrogens (tertiary/aromatic N) is 4. The second-order valence-electron chi connectivity index (χ2n) is 5.39. The number of hydrogen-bond acceptors (Lipinski definition) is 5. The monoisotopic (exact) mass is 324 g/mol. The fraction of sp³-hybridized carbons (Fsp3) is 0.615. The van der Waals surface area contributed by atoms with Gasteiger partial charge in [0.2, 0.25) is 5.91 Å². The molecule has 1 amide bonds. The second kappa shape index (κ2) is 6.58. The highest BCUT2D eigenvalue weighted by Gasteiger charge is 2.43. The van der Waals surface area contributed by atoms with E-state index >= 15 is 0 Å². The van der Waals surface area contributed by atoms with Crippen molar-refractivity contribution in [1.82, 2.24) is 15.5 Å². The van der Waals surface area contributed by atoms with E-state index in [-0.39, 0.29) is 24.7 Å². The number of piperazine rings is 1. The Morgan fingerprint density at radius 2 is 2.23 bits per heavy atom. The molecule has 2 atom stereocenters. The topological polar surface area (TPSA) is 102 Å². The molecule has 3 aliphatic heterocycles. The van der Waals surface area contributed by atoms with Crippen molar-refractivity contribution in [2.45, 2.75) is 31.1 Å². The number of carbonyl (C=O) groups excluding carboxylic acids is 1. The molecule has 2 saturated heterocycles. The van der Waals surface area contributed by atoms with Gasteiger partial charge in [0, 0.05) is 24.2 Å². The van der Waals surface area contributed by atoms with Gasteiger partial charge in [0.1, 0.15) is 11.3 Å². The van der Waals surface area contributed by atoms with Crippen LogP contribution in [0.4, 0.5) is 0 Å². The van der Waals surface area contributed by atoms with Gasteiger partial charge in [0.15, 0.2) is 0 Å². The Morgan fingerprint density at radius 3 is 2.95 bits per heavy atom. The van der Waals surface area contributed by atoms with Crippen LogP contribution in [0.1, 0.15) is 12.8 Å². The molecule has 0 radical (unpaired) electrons. The van der Waals surface area contributed by atoms with E-state index in [0.29, 0.717) is 18.4 Å². The maximum absolute atomic E-state index is 12.4. The van der Waals surface area contributed by atoms with Gasteiger partial charge < -0.3 is 15.4 Å². The maximum Gasteiger partial charge on any atom is 0.241 e. The minimum atomic E-state index is -0.517. The third-order valence-corrected chi connectivity index (χ3v) is 4.37. The summed E-state index contributed by atoms with van der Waals surface area (Å²) in [4.78, 5) is 17.3. The highest BCUT2D eigenvalue weighted by atomic mass is 35.5. The zero-order chi connectivity index (χ0) is 15.5. The van der Waals surface area contributed by atoms with Crippen LogP contribution < -0.4 is 10.6 Å². The van der Waals surface area contributed by atoms with Crippen molar-refractivity contribution in [3.05, 3.63) is 33.4 Å². The molecule has 2 N–H and O–H groups in total. The van der Waals surface area contributed by atoms with Crippen molar-refractivity contribution >= 4 is 17.5 Å². The average molecular weight is 325 g/mol. The summed E-state index contributed by atoms with van der Waals surface area (Å²) >= 11 is 6.09. The lowest BCUT2D eigenvalue weighted by Gasteiger charge is -2.48. The molecule has 0 saturated carbocycles. The van der Waals surface area contributed by atoms with Crippen LogP contribution in [0.25, 0.3) is 10.4 Å². The van der Waals surface area contributed by atoms with Gasteiger partial charge in [-0.05, 0) is 30.5 Å². The first kappa shape index (κ1) is 15.2. The van der Waals surface area contributed by atoms with Gasteiger partial charge in [-0.15, -0.1) is 0 Å². The molecule has 0 aromatic carbocycles. The van der Waals surface area contributed by atoms with Crippen LogP contribution in [0.15, 0.2) is 28.1 Å². The van der Waals surface area contributed by atoms with Crippen LogP contribution in [-0.2, 0) is 9.53 Å². The molecule has 118 valence electrons. The number of halogens is 1. The van der Waals surface area contributed by atoms with Crippen molar-refractivity contribution < 1.29 is 9.53 Å². The highest BCUT2D eigenvalue weighted by Crippen LogP contribution is 2.28. The SMILES string of the molecule is [N-]=[N+]=NC[C@@H]1C(=O)NC2=CC=C(Cl)NC2N1C1CCOCC1. The summed E-state index contributed by atoms with van der Waals surface area (Å²) in [5.74, 6) is -0.158. The summed E-state index contributed by atoms with van der Waals surface area (Å²) in [5, 5.41) is 10.2. The van der Waals surface area contributed by atoms with Gasteiger partial charge >= 0.3 is 0 Å². The van der Waals surface area contributed by atoms with Crippen molar-refractivity contribution in [2.24, 2.45) is 5.11 Å². The normalized spacial score (nSPS) is 29.4. The van der Waals surface area contributed by atoms with E-state index in [1.54, 1.807) is 12.2 Å². The van der Waals surface area contributed by atoms with Crippen LogP contribution in [0.5, 0.6) is 0 Å². The number of allylic oxidation sites excluding steroid dienone is 2. The van der Waals surface area contributed by atoms with E-state index in [4.69, 9.17) is 21.9 Å². The standard InChI is InChI=1S/C13H17ClN6O2/c14-11-2-1-9-12(18-11)20(8-3-5-22-6-4-8)10(7-16-19-15)13(21)17-9/h1-2,8,10,12,18H,3-7H2,(H,17,21)/t10-,12?/m1/s1. The quantitative estimate of drug-likeness (QED) is 0.352. The third-order valence-electron chi connectivity index (χ3n) is 4.14. The van der Waals surface area contributed by atoms with Gasteiger partial charge in [-0.2, -0.15) is 0 Å². The molecule has 22 heavy (non-hydrogen) atoms. The third kappa shape index (κ3) is 2.91. The number of azide groups is 1. The number of hydrogen-bond donors (Lipinski definition) is 2. The molecule has 0 aliphatic carbocycles. The Balaban J connectivity index is 1.91. The summed E-state index contributed by atoms with van der Waals surface area (Å²) < 4.78 is 5.41. The predicted octanol–water partition coefficient (Wildman–Crippen LogP) is 1.17. The first-order valence-corrected chi connectivity index (χ1v) is 7.59. The van der Waals surface area contributed by atoms with Crippen LogP contribution in [0.2, 0.25) is 0 Å². The van der Waals surface area contributed by atoms with Crippen LogP contribution in [0, 0.1) is 0 Å². The number of ether oxygens (including phenoxy) is 1. The van der Waals surface area contributed by atoms with Crippen LogP contribution >= 0.6 is 11.6 Å². The van der Waals surface area contributed by atoms with Gasteiger partial charge in [-0.1, -0.05) is 16.7 Å². The Hall–Kier alpha value is -1.73. The molecular weight excluding hydrogens is 308 g/mol. The van der Waals surface area contributed by atoms with E-state index < -0.39 is 6.04 Å². The van der Waals surface area contributed by atoms with Crippen molar-refractivity contribution in [1.29, 1.82) is 0 Å². The minimum absolute atomic E-state index is 0.0898. The number of dihydropyridines is 1. The minimum Gasteiger partial charge on any atom is -0.381 e. The predicted molar refractivity (Wildman–Crippen MR) is 80.6 cm³/mol. The van der Waals surface area contributed by atoms with Gasteiger partial charge in [-0.3, -0.25) is 9.69 Å². The molecular formula is C13H17ClN6O2. The van der Waals surface area contributed by atoms with Crippen molar-refractivity contribution in [3.8, 4) is 0 Å². The summed E-state index contributed by atoms with van der Waals surface area (Å²) in [6, 6.07) is -0.349. The molecule has 3 aliphatic rings. The fourth-order valence-electron chi connectivity index (χ4n) is 3.14. The molecule has 0 aromatic heterocycles. The number of amides is 1. The average Bonchev–Trinajstić information content (AvgIpc) is 2.54. The molecule has 0 spiro atoms. The summed E-state index contributed by atoms with van der Waals surface area (Å²) in [5.41, 5.74) is 9.35. The fourth-order valence-corrected chi connectivity index (χ4v) is 3.30. The largest absolute Gasteiger partial charge is 0.381 e. The summed E-state index contributed by atoms with van der Waals surface area (Å²) in [7, 11) is 0. The van der Waals surface area contributed by atoms with E-state index in [1.807, 2.05) is 0 Å². The lowest BCUT2D eigenvalue weighted by atomic mass is 9.98. The molecule has 8 nitrogen and oxygen atoms in total. The molecule has 0 aromatic rings. The number of rotatable bonds is 3. The number of fused-ring (bicyclic) bond motifs is 1.